The molecule has 1 aliphatic heterocycles. The molecule has 1 amide bonds. The van der Waals surface area contributed by atoms with Crippen LogP contribution in [0.3, 0.4) is 0 Å². The first-order chi connectivity index (χ1) is 13.2. The quantitative estimate of drug-likeness (QED) is 0.787. The number of piperidine rings is 1. The highest BCUT2D eigenvalue weighted by Crippen LogP contribution is 2.33. The summed E-state index contributed by atoms with van der Waals surface area (Å²) in [5.41, 5.74) is 1.91. The highest BCUT2D eigenvalue weighted by molar-refractivity contribution is 7.09. The van der Waals surface area contributed by atoms with E-state index in [1.165, 1.54) is 12.1 Å². The van der Waals surface area contributed by atoms with Crippen LogP contribution in [-0.2, 0) is 11.3 Å². The molecule has 6 heteroatoms. The molecule has 2 heterocycles. The van der Waals surface area contributed by atoms with E-state index in [0.717, 1.165) is 48.7 Å². The van der Waals surface area contributed by atoms with Gasteiger partial charge in [-0.15, -0.1) is 11.3 Å². The lowest BCUT2D eigenvalue weighted by molar-refractivity contribution is -0.128. The minimum absolute atomic E-state index is 0.0266. The molecule has 1 unspecified atom stereocenters. The molecule has 0 spiro atoms. The molecule has 0 saturated carbocycles. The third-order valence-corrected chi connectivity index (χ3v) is 6.19. The van der Waals surface area contributed by atoms with Gasteiger partial charge in [-0.2, -0.15) is 0 Å². The number of carbonyl (C=O) groups excluding carboxylic acids is 1. The number of hydrogen-bond donors (Lipinski definition) is 1. The number of halogens is 1. The highest BCUT2D eigenvalue weighted by atomic mass is 32.1. The van der Waals surface area contributed by atoms with Gasteiger partial charge < -0.3 is 5.32 Å². The third kappa shape index (κ3) is 5.39. The summed E-state index contributed by atoms with van der Waals surface area (Å²) in [7, 11) is 0. The van der Waals surface area contributed by atoms with Crippen LogP contribution >= 0.6 is 11.3 Å². The normalized spacial score (nSPS) is 17.5. The lowest BCUT2D eigenvalue weighted by Gasteiger charge is -2.35. The van der Waals surface area contributed by atoms with Crippen LogP contribution in [0.4, 0.5) is 4.39 Å². The average molecular weight is 404 g/mol. The SMILES string of the molecule is Cc1nc(CN2CCC(C(=O)NC(c3ccc(F)cc3)C(C)(C)C)CC2)cs1. The summed E-state index contributed by atoms with van der Waals surface area (Å²) < 4.78 is 13.3. The lowest BCUT2D eigenvalue weighted by atomic mass is 9.81. The van der Waals surface area contributed by atoms with Gasteiger partial charge in [0.1, 0.15) is 5.82 Å². The molecule has 1 aromatic carbocycles. The Morgan fingerprint density at radius 2 is 1.93 bits per heavy atom. The number of nitrogens with zero attached hydrogens (tertiary/aromatic N) is 2. The van der Waals surface area contributed by atoms with Gasteiger partial charge in [0.15, 0.2) is 0 Å². The molecule has 2 aromatic rings. The second-order valence-corrected chi connectivity index (χ2v) is 9.83. The summed E-state index contributed by atoms with van der Waals surface area (Å²) in [5.74, 6) is -0.127. The Balaban J connectivity index is 1.58. The molecule has 1 N–H and O–H groups in total. The predicted molar refractivity (Wildman–Crippen MR) is 112 cm³/mol. The van der Waals surface area contributed by atoms with E-state index in [4.69, 9.17) is 0 Å². The van der Waals surface area contributed by atoms with Gasteiger partial charge in [0.2, 0.25) is 5.91 Å². The number of carbonyl (C=O) groups is 1. The predicted octanol–water partition coefficient (Wildman–Crippen LogP) is 4.71. The zero-order chi connectivity index (χ0) is 20.3. The Hall–Kier alpha value is -1.79. The molecule has 0 radical (unpaired) electrons. The minimum Gasteiger partial charge on any atom is -0.349 e. The molecule has 1 aromatic heterocycles. The third-order valence-electron chi connectivity index (χ3n) is 5.37. The van der Waals surface area contributed by atoms with Crippen LogP contribution in [0.2, 0.25) is 0 Å². The number of aryl methyl sites for hydroxylation is 1. The molecule has 0 aliphatic carbocycles. The summed E-state index contributed by atoms with van der Waals surface area (Å²) in [6.07, 6.45) is 1.71. The molecule has 1 saturated heterocycles. The maximum atomic E-state index is 13.3. The summed E-state index contributed by atoms with van der Waals surface area (Å²) in [5, 5.41) is 6.45. The van der Waals surface area contributed by atoms with Crippen molar-refractivity contribution in [2.24, 2.45) is 11.3 Å². The molecule has 4 nitrogen and oxygen atoms in total. The van der Waals surface area contributed by atoms with E-state index in [2.05, 4.69) is 41.4 Å². The number of thiazole rings is 1. The molecule has 152 valence electrons. The number of nitrogens with one attached hydrogen (secondary N) is 1. The zero-order valence-corrected chi connectivity index (χ0v) is 18.0. The molecule has 28 heavy (non-hydrogen) atoms. The number of amides is 1. The van der Waals surface area contributed by atoms with Crippen LogP contribution in [0.1, 0.15) is 55.9 Å². The van der Waals surface area contributed by atoms with Crippen molar-refractivity contribution < 1.29 is 9.18 Å². The summed E-state index contributed by atoms with van der Waals surface area (Å²) >= 11 is 1.68. The van der Waals surface area contributed by atoms with E-state index in [9.17, 15) is 9.18 Å². The summed E-state index contributed by atoms with van der Waals surface area (Å²) in [6.45, 7) is 11.0. The Kier molecular flexibility index (Phi) is 6.50. The van der Waals surface area contributed by atoms with Crippen molar-refractivity contribution in [3.05, 3.63) is 51.7 Å². The molecule has 1 aliphatic rings. The van der Waals surface area contributed by atoms with E-state index in [-0.39, 0.29) is 29.1 Å². The maximum Gasteiger partial charge on any atom is 0.223 e. The van der Waals surface area contributed by atoms with Crippen molar-refractivity contribution in [2.75, 3.05) is 13.1 Å². The fourth-order valence-electron chi connectivity index (χ4n) is 3.78. The lowest BCUT2D eigenvalue weighted by Crippen LogP contribution is -2.44. The Morgan fingerprint density at radius 3 is 2.46 bits per heavy atom. The van der Waals surface area contributed by atoms with Gasteiger partial charge in [0, 0.05) is 17.8 Å². The van der Waals surface area contributed by atoms with Gasteiger partial charge in [-0.25, -0.2) is 9.37 Å². The monoisotopic (exact) mass is 403 g/mol. The largest absolute Gasteiger partial charge is 0.349 e. The van der Waals surface area contributed by atoms with Gasteiger partial charge in [-0.05, 0) is 56.0 Å². The molecular weight excluding hydrogens is 373 g/mol. The first kappa shape index (κ1) is 20.9. The number of benzene rings is 1. The van der Waals surface area contributed by atoms with Gasteiger partial charge in [0.25, 0.3) is 0 Å². The second kappa shape index (κ2) is 8.70. The van der Waals surface area contributed by atoms with Crippen molar-refractivity contribution >= 4 is 17.2 Å². The topological polar surface area (TPSA) is 45.2 Å². The number of rotatable bonds is 5. The van der Waals surface area contributed by atoms with Gasteiger partial charge >= 0.3 is 0 Å². The molecule has 1 atom stereocenters. The minimum atomic E-state index is -0.259. The first-order valence-corrected chi connectivity index (χ1v) is 10.8. The van der Waals surface area contributed by atoms with Crippen molar-refractivity contribution in [2.45, 2.75) is 53.1 Å². The van der Waals surface area contributed by atoms with Crippen LogP contribution < -0.4 is 5.32 Å². The Labute approximate surface area is 171 Å². The molecular formula is C22H30FN3OS. The van der Waals surface area contributed by atoms with E-state index >= 15 is 0 Å². The molecule has 0 bridgehead atoms. The smallest absolute Gasteiger partial charge is 0.223 e. The standard InChI is InChI=1S/C22H30FN3OS/c1-15-24-19(14-28-15)13-26-11-9-17(10-12-26)21(27)25-20(22(2,3)4)16-5-7-18(23)8-6-16/h5-8,14,17,20H,9-13H2,1-4H3,(H,25,27). The van der Waals surface area contributed by atoms with E-state index in [1.54, 1.807) is 23.5 Å². The zero-order valence-electron chi connectivity index (χ0n) is 17.2. The van der Waals surface area contributed by atoms with Crippen LogP contribution in [0, 0.1) is 24.1 Å². The first-order valence-electron chi connectivity index (χ1n) is 9.91. The number of aromatic nitrogens is 1. The van der Waals surface area contributed by atoms with E-state index in [1.807, 2.05) is 6.92 Å². The van der Waals surface area contributed by atoms with Gasteiger partial charge in [-0.3, -0.25) is 9.69 Å². The Bertz CT molecular complexity index is 789. The highest BCUT2D eigenvalue weighted by Gasteiger charge is 2.32. The molecule has 1 fully saturated rings. The van der Waals surface area contributed by atoms with Gasteiger partial charge in [0.05, 0.1) is 16.7 Å². The fourth-order valence-corrected chi connectivity index (χ4v) is 4.38. The number of hydrogen-bond acceptors (Lipinski definition) is 4. The maximum absolute atomic E-state index is 13.3. The Morgan fingerprint density at radius 1 is 1.29 bits per heavy atom. The van der Waals surface area contributed by atoms with Crippen LogP contribution in [0.25, 0.3) is 0 Å². The van der Waals surface area contributed by atoms with E-state index < -0.39 is 0 Å². The summed E-state index contributed by atoms with van der Waals surface area (Å²) in [6, 6.07) is 6.31. The van der Waals surface area contributed by atoms with Crippen molar-refractivity contribution in [3.63, 3.8) is 0 Å². The van der Waals surface area contributed by atoms with Crippen LogP contribution in [0.5, 0.6) is 0 Å². The fraction of sp³-hybridized carbons (Fsp3) is 0.545. The molecule has 3 rings (SSSR count). The van der Waals surface area contributed by atoms with E-state index in [0.29, 0.717) is 0 Å². The van der Waals surface area contributed by atoms with Crippen LogP contribution in [0.15, 0.2) is 29.6 Å². The number of likely N-dealkylation sites (tertiary alicyclic amines) is 1. The van der Waals surface area contributed by atoms with Crippen molar-refractivity contribution in [1.82, 2.24) is 15.2 Å². The van der Waals surface area contributed by atoms with Crippen molar-refractivity contribution in [3.8, 4) is 0 Å². The van der Waals surface area contributed by atoms with Crippen molar-refractivity contribution in [1.29, 1.82) is 0 Å². The van der Waals surface area contributed by atoms with Crippen LogP contribution in [-0.4, -0.2) is 28.9 Å². The summed E-state index contributed by atoms with van der Waals surface area (Å²) in [4.78, 5) is 19.9. The second-order valence-electron chi connectivity index (χ2n) is 8.77. The van der Waals surface area contributed by atoms with Gasteiger partial charge in [-0.1, -0.05) is 32.9 Å². The average Bonchev–Trinajstić information content (AvgIpc) is 3.05.